The summed E-state index contributed by atoms with van der Waals surface area (Å²) >= 11 is 0. The third-order valence-corrected chi connectivity index (χ3v) is 4.35. The first-order valence-electron chi connectivity index (χ1n) is 7.56. The largest absolute Gasteiger partial charge is 0.370 e. The lowest BCUT2D eigenvalue weighted by atomic mass is 9.91. The molecule has 0 saturated heterocycles. The van der Waals surface area contributed by atoms with Crippen LogP contribution in [0.2, 0.25) is 0 Å². The van der Waals surface area contributed by atoms with E-state index in [0.717, 1.165) is 13.1 Å². The van der Waals surface area contributed by atoms with E-state index in [0.29, 0.717) is 0 Å². The first kappa shape index (κ1) is 12.5. The third-order valence-electron chi connectivity index (χ3n) is 4.35. The average Bonchev–Trinajstić information content (AvgIpc) is 2.81. The molecule has 4 rings (SSSR count). The number of nitrogens with zero attached hydrogens (tertiary/aromatic N) is 1. The standard InChI is InChI=1S/C19H20N2/c1-19(2)12-20-18-17(14-8-4-3-5-9-14)15-10-6-7-11-16(15)21(18)13-19/h3-11,20H,12-13H2,1-2H3. The smallest absolute Gasteiger partial charge is 0.115 e. The number of nitrogens with one attached hydrogen (secondary N) is 1. The Balaban J connectivity index is 2.04. The minimum Gasteiger partial charge on any atom is -0.370 e. The molecule has 1 aliphatic heterocycles. The summed E-state index contributed by atoms with van der Waals surface area (Å²) in [6.07, 6.45) is 0. The van der Waals surface area contributed by atoms with Gasteiger partial charge in [-0.25, -0.2) is 0 Å². The molecule has 0 atom stereocenters. The summed E-state index contributed by atoms with van der Waals surface area (Å²) in [5.41, 5.74) is 4.23. The first-order chi connectivity index (χ1) is 10.2. The second kappa shape index (κ2) is 4.39. The number of para-hydroxylation sites is 1. The van der Waals surface area contributed by atoms with Crippen LogP contribution in [0.1, 0.15) is 13.8 Å². The molecule has 106 valence electrons. The van der Waals surface area contributed by atoms with E-state index >= 15 is 0 Å². The first-order valence-corrected chi connectivity index (χ1v) is 7.56. The van der Waals surface area contributed by atoms with Crippen LogP contribution in [0, 0.1) is 5.41 Å². The van der Waals surface area contributed by atoms with E-state index in [2.05, 4.69) is 78.3 Å². The van der Waals surface area contributed by atoms with Crippen LogP contribution >= 0.6 is 0 Å². The number of hydrogen-bond donors (Lipinski definition) is 1. The van der Waals surface area contributed by atoms with Gasteiger partial charge in [0.05, 0.1) is 5.52 Å². The highest BCUT2D eigenvalue weighted by Crippen LogP contribution is 2.42. The zero-order valence-electron chi connectivity index (χ0n) is 12.6. The fraction of sp³-hybridized carbons (Fsp3) is 0.263. The molecule has 0 amide bonds. The topological polar surface area (TPSA) is 17.0 Å². The SMILES string of the molecule is CC1(C)CNc2c(-c3ccccc3)c3ccccc3n2C1. The second-order valence-electron chi connectivity index (χ2n) is 6.71. The lowest BCUT2D eigenvalue weighted by Crippen LogP contribution is -2.34. The van der Waals surface area contributed by atoms with Crippen LogP contribution in [-0.4, -0.2) is 11.1 Å². The number of anilines is 1. The maximum absolute atomic E-state index is 3.67. The van der Waals surface area contributed by atoms with E-state index in [1.54, 1.807) is 0 Å². The molecule has 0 bridgehead atoms. The highest BCUT2D eigenvalue weighted by molar-refractivity contribution is 6.03. The van der Waals surface area contributed by atoms with Crippen molar-refractivity contribution in [2.24, 2.45) is 5.41 Å². The van der Waals surface area contributed by atoms with Crippen LogP contribution in [0.5, 0.6) is 0 Å². The van der Waals surface area contributed by atoms with Crippen molar-refractivity contribution in [3.63, 3.8) is 0 Å². The lowest BCUT2D eigenvalue weighted by Gasteiger charge is -2.33. The van der Waals surface area contributed by atoms with Crippen molar-refractivity contribution in [3.05, 3.63) is 54.6 Å². The molecule has 0 radical (unpaired) electrons. The Hall–Kier alpha value is -2.22. The zero-order chi connectivity index (χ0) is 14.4. The maximum atomic E-state index is 3.67. The minimum atomic E-state index is 0.281. The summed E-state index contributed by atoms with van der Waals surface area (Å²) in [4.78, 5) is 0. The van der Waals surface area contributed by atoms with Gasteiger partial charge in [0.25, 0.3) is 0 Å². The molecule has 2 heterocycles. The third kappa shape index (κ3) is 1.94. The summed E-state index contributed by atoms with van der Waals surface area (Å²) in [7, 11) is 0. The molecule has 1 aliphatic rings. The van der Waals surface area contributed by atoms with Gasteiger partial charge < -0.3 is 9.88 Å². The van der Waals surface area contributed by atoms with Crippen LogP contribution < -0.4 is 5.32 Å². The molecular weight excluding hydrogens is 256 g/mol. The summed E-state index contributed by atoms with van der Waals surface area (Å²) in [5, 5.41) is 5.01. The van der Waals surface area contributed by atoms with Gasteiger partial charge in [-0.2, -0.15) is 0 Å². The van der Waals surface area contributed by atoms with Gasteiger partial charge in [-0.05, 0) is 11.6 Å². The van der Waals surface area contributed by atoms with Crippen LogP contribution in [0.4, 0.5) is 5.82 Å². The van der Waals surface area contributed by atoms with Crippen molar-refractivity contribution in [1.82, 2.24) is 4.57 Å². The van der Waals surface area contributed by atoms with Crippen molar-refractivity contribution < 1.29 is 0 Å². The van der Waals surface area contributed by atoms with Gasteiger partial charge in [0.15, 0.2) is 0 Å². The molecular formula is C19H20N2. The Morgan fingerprint density at radius 3 is 2.48 bits per heavy atom. The van der Waals surface area contributed by atoms with Crippen molar-refractivity contribution in [2.75, 3.05) is 11.9 Å². The number of hydrogen-bond acceptors (Lipinski definition) is 1. The van der Waals surface area contributed by atoms with Gasteiger partial charge in [0.1, 0.15) is 5.82 Å². The summed E-state index contributed by atoms with van der Waals surface area (Å²) in [5.74, 6) is 1.27. The lowest BCUT2D eigenvalue weighted by molar-refractivity contribution is 0.316. The molecule has 0 spiro atoms. The second-order valence-corrected chi connectivity index (χ2v) is 6.71. The molecule has 3 aromatic rings. The van der Waals surface area contributed by atoms with Gasteiger partial charge in [-0.1, -0.05) is 62.4 Å². The van der Waals surface area contributed by atoms with Crippen LogP contribution in [0.3, 0.4) is 0 Å². The minimum absolute atomic E-state index is 0.281. The Labute approximate surface area is 125 Å². The van der Waals surface area contributed by atoms with E-state index in [1.165, 1.54) is 27.8 Å². The molecule has 21 heavy (non-hydrogen) atoms. The fourth-order valence-electron chi connectivity index (χ4n) is 3.36. The fourth-order valence-corrected chi connectivity index (χ4v) is 3.36. The molecule has 0 unspecified atom stereocenters. The highest BCUT2D eigenvalue weighted by atomic mass is 15.2. The summed E-state index contributed by atoms with van der Waals surface area (Å²) in [6.45, 7) is 6.71. The average molecular weight is 276 g/mol. The van der Waals surface area contributed by atoms with E-state index in [9.17, 15) is 0 Å². The van der Waals surface area contributed by atoms with Gasteiger partial charge in [-0.15, -0.1) is 0 Å². The van der Waals surface area contributed by atoms with Crippen LogP contribution in [0.15, 0.2) is 54.6 Å². The molecule has 2 aromatic carbocycles. The number of rotatable bonds is 1. The number of benzene rings is 2. The normalized spacial score (nSPS) is 16.5. The zero-order valence-corrected chi connectivity index (χ0v) is 12.6. The molecule has 0 fully saturated rings. The van der Waals surface area contributed by atoms with Crippen molar-refractivity contribution in [3.8, 4) is 11.1 Å². The van der Waals surface area contributed by atoms with Crippen LogP contribution in [0.25, 0.3) is 22.0 Å². The van der Waals surface area contributed by atoms with Crippen LogP contribution in [-0.2, 0) is 6.54 Å². The van der Waals surface area contributed by atoms with Gasteiger partial charge in [0.2, 0.25) is 0 Å². The Bertz CT molecular complexity index is 797. The molecule has 0 saturated carbocycles. The number of fused-ring (bicyclic) bond motifs is 3. The van der Waals surface area contributed by atoms with Crippen molar-refractivity contribution in [1.29, 1.82) is 0 Å². The highest BCUT2D eigenvalue weighted by Gasteiger charge is 2.29. The Morgan fingerprint density at radius 2 is 1.67 bits per heavy atom. The van der Waals surface area contributed by atoms with E-state index in [1.807, 2.05) is 0 Å². The maximum Gasteiger partial charge on any atom is 0.115 e. The molecule has 1 aromatic heterocycles. The van der Waals surface area contributed by atoms with Gasteiger partial charge in [-0.3, -0.25) is 0 Å². The van der Waals surface area contributed by atoms with Crippen molar-refractivity contribution >= 4 is 16.7 Å². The Kier molecular flexibility index (Phi) is 2.61. The summed E-state index contributed by atoms with van der Waals surface area (Å²) < 4.78 is 2.45. The summed E-state index contributed by atoms with van der Waals surface area (Å²) in [6, 6.07) is 19.4. The molecule has 0 aliphatic carbocycles. The Morgan fingerprint density at radius 1 is 0.952 bits per heavy atom. The quantitative estimate of drug-likeness (QED) is 0.678. The predicted molar refractivity (Wildman–Crippen MR) is 89.6 cm³/mol. The van der Waals surface area contributed by atoms with E-state index in [4.69, 9.17) is 0 Å². The van der Waals surface area contributed by atoms with E-state index < -0.39 is 0 Å². The monoisotopic (exact) mass is 276 g/mol. The van der Waals surface area contributed by atoms with Gasteiger partial charge in [0, 0.05) is 29.5 Å². The van der Waals surface area contributed by atoms with Gasteiger partial charge >= 0.3 is 0 Å². The molecule has 2 nitrogen and oxygen atoms in total. The van der Waals surface area contributed by atoms with Crippen molar-refractivity contribution in [2.45, 2.75) is 20.4 Å². The molecule has 2 heteroatoms. The number of aromatic nitrogens is 1. The van der Waals surface area contributed by atoms with E-state index in [-0.39, 0.29) is 5.41 Å². The molecule has 1 N–H and O–H groups in total. The predicted octanol–water partition coefficient (Wildman–Crippen LogP) is 4.76.